The Balaban J connectivity index is 2.07. The summed E-state index contributed by atoms with van der Waals surface area (Å²) in [7, 11) is 0. The molecular weight excluding hydrogens is 282 g/mol. The van der Waals surface area contributed by atoms with Crippen LogP contribution in [0.2, 0.25) is 0 Å². The fourth-order valence-electron chi connectivity index (χ4n) is 3.27. The molecule has 4 heteroatoms. The van der Waals surface area contributed by atoms with E-state index in [0.29, 0.717) is 0 Å². The Morgan fingerprint density at radius 3 is 2.47 bits per heavy atom. The van der Waals surface area contributed by atoms with Gasteiger partial charge in [-0.15, -0.1) is 0 Å². The number of imide groups is 1. The van der Waals surface area contributed by atoms with Crippen LogP contribution in [0, 0.1) is 11.8 Å². The van der Waals surface area contributed by atoms with Gasteiger partial charge in [0.2, 0.25) is 11.8 Å². The molecule has 1 heterocycles. The molecule has 88 valence electrons. The zero-order valence-electron chi connectivity index (χ0n) is 9.37. The van der Waals surface area contributed by atoms with Gasteiger partial charge in [0.25, 0.3) is 0 Å². The predicted octanol–water partition coefficient (Wildman–Crippen LogP) is 2.00. The summed E-state index contributed by atoms with van der Waals surface area (Å²) in [6.07, 6.45) is 0.817. The van der Waals surface area contributed by atoms with Gasteiger partial charge in [0.1, 0.15) is 0 Å². The van der Waals surface area contributed by atoms with Crippen LogP contribution in [0.1, 0.15) is 18.9 Å². The van der Waals surface area contributed by atoms with E-state index in [2.05, 4.69) is 21.2 Å². The van der Waals surface area contributed by atoms with Crippen molar-refractivity contribution in [2.24, 2.45) is 11.8 Å². The minimum atomic E-state index is -0.261. The zero-order valence-corrected chi connectivity index (χ0v) is 11.0. The molecule has 2 amide bonds. The van der Waals surface area contributed by atoms with Gasteiger partial charge in [0.15, 0.2) is 0 Å². The zero-order chi connectivity index (χ0) is 12.2. The number of benzene rings is 1. The smallest absolute Gasteiger partial charge is 0.231 e. The van der Waals surface area contributed by atoms with E-state index in [9.17, 15) is 9.59 Å². The number of carbonyl (C=O) groups excluding carboxylic acids is 2. The maximum Gasteiger partial charge on any atom is 0.231 e. The fourth-order valence-corrected chi connectivity index (χ4v) is 3.67. The first-order valence-electron chi connectivity index (χ1n) is 5.72. The molecule has 0 spiro atoms. The number of piperidine rings is 1. The third-order valence-electron chi connectivity index (χ3n) is 4.09. The van der Waals surface area contributed by atoms with E-state index in [1.165, 1.54) is 0 Å². The molecule has 1 aliphatic carbocycles. The van der Waals surface area contributed by atoms with E-state index in [1.54, 1.807) is 0 Å². The number of fused-ring (bicyclic) bond motifs is 1. The van der Waals surface area contributed by atoms with Crippen LogP contribution in [-0.2, 0) is 15.0 Å². The summed E-state index contributed by atoms with van der Waals surface area (Å²) in [4.78, 5) is 23.4. The maximum atomic E-state index is 11.7. The third-order valence-corrected chi connectivity index (χ3v) is 4.59. The van der Waals surface area contributed by atoms with Gasteiger partial charge in [-0.2, -0.15) is 0 Å². The quantitative estimate of drug-likeness (QED) is 0.848. The Labute approximate surface area is 108 Å². The third kappa shape index (κ3) is 1.27. The van der Waals surface area contributed by atoms with E-state index in [1.807, 2.05) is 31.2 Å². The van der Waals surface area contributed by atoms with Crippen LogP contribution in [0.25, 0.3) is 0 Å². The first kappa shape index (κ1) is 11.0. The molecule has 17 heavy (non-hydrogen) atoms. The number of halogens is 1. The molecule has 1 aliphatic heterocycles. The molecule has 0 aromatic heterocycles. The Bertz CT molecular complexity index is 506. The molecule has 1 aromatic rings. The lowest BCUT2D eigenvalue weighted by molar-refractivity contribution is -0.128. The van der Waals surface area contributed by atoms with E-state index in [-0.39, 0.29) is 29.1 Å². The van der Waals surface area contributed by atoms with Crippen LogP contribution >= 0.6 is 15.9 Å². The first-order valence-corrected chi connectivity index (χ1v) is 6.51. The highest BCUT2D eigenvalue weighted by Gasteiger charge is 2.74. The molecule has 1 aromatic carbocycles. The molecular formula is C13H12BrNO2. The largest absolute Gasteiger partial charge is 0.296 e. The summed E-state index contributed by atoms with van der Waals surface area (Å²) >= 11 is 3.44. The van der Waals surface area contributed by atoms with Crippen molar-refractivity contribution in [2.45, 2.75) is 18.8 Å². The van der Waals surface area contributed by atoms with Gasteiger partial charge in [0.05, 0.1) is 11.8 Å². The normalized spacial score (nSPS) is 34.5. The summed E-state index contributed by atoms with van der Waals surface area (Å²) in [6.45, 7) is 2.04. The Morgan fingerprint density at radius 2 is 1.94 bits per heavy atom. The summed E-state index contributed by atoms with van der Waals surface area (Å²) in [5.74, 6) is -0.535. The minimum absolute atomic E-state index is 0.109. The van der Waals surface area contributed by atoms with Gasteiger partial charge in [-0.3, -0.25) is 14.9 Å². The summed E-state index contributed by atoms with van der Waals surface area (Å²) in [5, 5.41) is 2.40. The highest BCUT2D eigenvalue weighted by atomic mass is 79.9. The molecule has 0 unspecified atom stereocenters. The number of amides is 2. The molecule has 2 fully saturated rings. The SMILES string of the molecule is CC[C@@]1(c2cccc(Br)c2)[C@@H]2C(=O)NC(=O)[C@@H]21. The van der Waals surface area contributed by atoms with E-state index >= 15 is 0 Å². The van der Waals surface area contributed by atoms with Gasteiger partial charge in [-0.1, -0.05) is 35.0 Å². The highest BCUT2D eigenvalue weighted by Crippen LogP contribution is 2.64. The average molecular weight is 294 g/mol. The molecule has 3 rings (SSSR count). The van der Waals surface area contributed by atoms with Crippen molar-refractivity contribution in [3.8, 4) is 0 Å². The number of rotatable bonds is 2. The Kier molecular flexibility index (Phi) is 2.20. The fraction of sp³-hybridized carbons (Fsp3) is 0.385. The molecule has 0 bridgehead atoms. The maximum absolute atomic E-state index is 11.7. The van der Waals surface area contributed by atoms with Crippen molar-refractivity contribution >= 4 is 27.7 Å². The molecule has 2 aliphatic rings. The monoisotopic (exact) mass is 293 g/mol. The van der Waals surface area contributed by atoms with Crippen molar-refractivity contribution in [1.82, 2.24) is 5.32 Å². The molecule has 1 saturated carbocycles. The molecule has 1 N–H and O–H groups in total. The lowest BCUT2D eigenvalue weighted by Crippen LogP contribution is -2.33. The first-order chi connectivity index (χ1) is 8.11. The lowest BCUT2D eigenvalue weighted by atomic mass is 9.87. The predicted molar refractivity (Wildman–Crippen MR) is 66.2 cm³/mol. The van der Waals surface area contributed by atoms with Gasteiger partial charge in [-0.05, 0) is 24.1 Å². The van der Waals surface area contributed by atoms with Crippen LogP contribution in [0.5, 0.6) is 0 Å². The van der Waals surface area contributed by atoms with Crippen LogP contribution in [0.4, 0.5) is 0 Å². The summed E-state index contributed by atoms with van der Waals surface area (Å²) < 4.78 is 0.987. The average Bonchev–Trinajstić information content (AvgIpc) is 2.90. The Hall–Kier alpha value is -1.16. The van der Waals surface area contributed by atoms with Crippen LogP contribution < -0.4 is 5.32 Å². The van der Waals surface area contributed by atoms with E-state index in [4.69, 9.17) is 0 Å². The number of hydrogen-bond acceptors (Lipinski definition) is 2. The van der Waals surface area contributed by atoms with Gasteiger partial charge < -0.3 is 0 Å². The number of hydrogen-bond donors (Lipinski definition) is 1. The minimum Gasteiger partial charge on any atom is -0.296 e. The van der Waals surface area contributed by atoms with E-state index < -0.39 is 0 Å². The molecule has 3 nitrogen and oxygen atoms in total. The second-order valence-corrected chi connectivity index (χ2v) is 5.63. The van der Waals surface area contributed by atoms with E-state index in [0.717, 1.165) is 16.5 Å². The molecule has 3 atom stereocenters. The second-order valence-electron chi connectivity index (χ2n) is 4.71. The topological polar surface area (TPSA) is 46.2 Å². The van der Waals surface area contributed by atoms with Crippen molar-refractivity contribution in [3.63, 3.8) is 0 Å². The van der Waals surface area contributed by atoms with Crippen molar-refractivity contribution < 1.29 is 9.59 Å². The van der Waals surface area contributed by atoms with Gasteiger partial charge in [0, 0.05) is 9.89 Å². The number of carbonyl (C=O) groups is 2. The summed E-state index contributed by atoms with van der Waals surface area (Å²) in [5.41, 5.74) is 0.830. The van der Waals surface area contributed by atoms with Crippen molar-refractivity contribution in [1.29, 1.82) is 0 Å². The van der Waals surface area contributed by atoms with Crippen molar-refractivity contribution in [3.05, 3.63) is 34.3 Å². The summed E-state index contributed by atoms with van der Waals surface area (Å²) in [6, 6.07) is 7.93. The van der Waals surface area contributed by atoms with Crippen molar-refractivity contribution in [2.75, 3.05) is 0 Å². The van der Waals surface area contributed by atoms with Crippen LogP contribution in [0.3, 0.4) is 0 Å². The number of nitrogens with one attached hydrogen (secondary N) is 1. The van der Waals surface area contributed by atoms with Gasteiger partial charge >= 0.3 is 0 Å². The molecule has 0 radical (unpaired) electrons. The second kappa shape index (κ2) is 3.42. The van der Waals surface area contributed by atoms with Crippen LogP contribution in [-0.4, -0.2) is 11.8 Å². The molecule has 1 saturated heterocycles. The van der Waals surface area contributed by atoms with Gasteiger partial charge in [-0.25, -0.2) is 0 Å². The Morgan fingerprint density at radius 1 is 1.29 bits per heavy atom. The standard InChI is InChI=1S/C13H12BrNO2/c1-2-13(7-4-3-5-8(14)6-7)9-10(13)12(17)15-11(9)16/h3-6,9-10H,2H2,1H3,(H,15,16,17)/t9-,10+,13+. The lowest BCUT2D eigenvalue weighted by Gasteiger charge is -2.19. The van der Waals surface area contributed by atoms with Crippen LogP contribution in [0.15, 0.2) is 28.7 Å². The highest BCUT2D eigenvalue weighted by molar-refractivity contribution is 9.10.